The zero-order chi connectivity index (χ0) is 30.1. The predicted molar refractivity (Wildman–Crippen MR) is 140 cm³/mol. The Morgan fingerprint density at radius 2 is 1.41 bits per heavy atom. The molecular formula is C28H16O13. The van der Waals surface area contributed by atoms with Crippen LogP contribution in [0.1, 0.15) is 55.3 Å². The topological polar surface area (TPSA) is 230 Å². The lowest BCUT2D eigenvalue weighted by Crippen LogP contribution is -2.16. The van der Waals surface area contributed by atoms with Gasteiger partial charge in [0.25, 0.3) is 0 Å². The van der Waals surface area contributed by atoms with Gasteiger partial charge >= 0.3 is 11.9 Å². The van der Waals surface area contributed by atoms with Gasteiger partial charge in [-0.25, -0.2) is 9.59 Å². The van der Waals surface area contributed by atoms with Crippen LogP contribution in [-0.2, 0) is 0 Å². The highest BCUT2D eigenvalue weighted by Gasteiger charge is 2.30. The summed E-state index contributed by atoms with van der Waals surface area (Å²) in [6.07, 6.45) is 0.849. The average Bonchev–Trinajstić information content (AvgIpc) is 2.88. The Balaban J connectivity index is 2.05. The van der Waals surface area contributed by atoms with Crippen LogP contribution in [0.4, 0.5) is 0 Å². The van der Waals surface area contributed by atoms with Crippen molar-refractivity contribution < 1.29 is 53.5 Å². The number of aromatic carboxylic acids is 2. The van der Waals surface area contributed by atoms with E-state index in [1.807, 2.05) is 0 Å². The van der Waals surface area contributed by atoms with E-state index in [9.17, 15) is 54.3 Å². The number of ketones is 2. The van der Waals surface area contributed by atoms with Gasteiger partial charge in [-0.3, -0.25) is 19.2 Å². The van der Waals surface area contributed by atoms with Crippen LogP contribution in [0.5, 0.6) is 17.2 Å². The van der Waals surface area contributed by atoms with E-state index in [0.717, 1.165) is 44.4 Å². The molecular weight excluding hydrogens is 544 g/mol. The molecule has 0 aliphatic carbocycles. The van der Waals surface area contributed by atoms with E-state index in [0.29, 0.717) is 0 Å². The largest absolute Gasteiger partial charge is 0.508 e. The molecule has 2 aromatic heterocycles. The molecule has 0 unspecified atom stereocenters. The van der Waals surface area contributed by atoms with Gasteiger partial charge in [0.15, 0.2) is 23.1 Å². The van der Waals surface area contributed by atoms with Crippen molar-refractivity contribution in [3.63, 3.8) is 0 Å². The van der Waals surface area contributed by atoms with Gasteiger partial charge in [0.2, 0.25) is 10.9 Å². The van der Waals surface area contributed by atoms with E-state index >= 15 is 0 Å². The molecule has 0 saturated carbocycles. The van der Waals surface area contributed by atoms with Crippen LogP contribution in [0.25, 0.3) is 44.0 Å². The number of carbonyl (C=O) groups is 4. The molecule has 0 amide bonds. The Hall–Kier alpha value is -5.98. The maximum absolute atomic E-state index is 13.7. The molecule has 0 fully saturated rings. The Bertz CT molecular complexity index is 2180. The SMILES string of the molecule is CC(=O)c1cc2c(=O)c3c(C(=O)O)c(O)c(O)cc3oc2c(C(C)=O)c1-c1coc2cc(O)cc(C(=O)O)c2c1=O. The van der Waals surface area contributed by atoms with Crippen molar-refractivity contribution in [2.45, 2.75) is 13.8 Å². The first-order valence-corrected chi connectivity index (χ1v) is 11.5. The standard InChI is InChI=1S/C28H16O13/c1-8(29)11-5-13-23(33)21-17(6-15(32)25(35)22(21)28(38)39)41-26(13)18(9(2)30)19(11)14-7-40-16-4-10(31)3-12(27(36)37)20(16)24(14)34/h3-7,31-32,35H,1-2H3,(H,36,37)(H,38,39). The number of Topliss-reactive ketones (excluding diaryl/α,β-unsaturated/α-hetero) is 2. The van der Waals surface area contributed by atoms with E-state index in [2.05, 4.69) is 0 Å². The molecule has 5 N–H and O–H groups in total. The van der Waals surface area contributed by atoms with Gasteiger partial charge in [-0.2, -0.15) is 0 Å². The van der Waals surface area contributed by atoms with Crippen molar-refractivity contribution in [1.29, 1.82) is 0 Å². The van der Waals surface area contributed by atoms with E-state index < -0.39 is 101 Å². The summed E-state index contributed by atoms with van der Waals surface area (Å²) < 4.78 is 11.2. The summed E-state index contributed by atoms with van der Waals surface area (Å²) in [5.41, 5.74) is -6.64. The van der Waals surface area contributed by atoms with Crippen molar-refractivity contribution in [2.24, 2.45) is 0 Å². The van der Waals surface area contributed by atoms with Crippen molar-refractivity contribution in [3.05, 3.63) is 73.2 Å². The second-order valence-electron chi connectivity index (χ2n) is 9.04. The normalized spacial score (nSPS) is 11.3. The molecule has 5 rings (SSSR count). The molecule has 2 heterocycles. The fourth-order valence-corrected chi connectivity index (χ4v) is 4.81. The van der Waals surface area contributed by atoms with Crippen LogP contribution in [0, 0.1) is 0 Å². The summed E-state index contributed by atoms with van der Waals surface area (Å²) in [5.74, 6) is -7.49. The van der Waals surface area contributed by atoms with E-state index in [-0.39, 0.29) is 16.7 Å². The fourth-order valence-electron chi connectivity index (χ4n) is 4.81. The van der Waals surface area contributed by atoms with E-state index in [4.69, 9.17) is 8.83 Å². The summed E-state index contributed by atoms with van der Waals surface area (Å²) in [5, 5.41) is 47.7. The molecule has 0 aliphatic rings. The molecule has 5 aromatic rings. The quantitative estimate of drug-likeness (QED) is 0.118. The van der Waals surface area contributed by atoms with Crippen LogP contribution in [0.2, 0.25) is 0 Å². The smallest absolute Gasteiger partial charge is 0.340 e. The summed E-state index contributed by atoms with van der Waals surface area (Å²) in [4.78, 5) is 76.8. The minimum Gasteiger partial charge on any atom is -0.508 e. The maximum atomic E-state index is 13.7. The number of phenols is 3. The second kappa shape index (κ2) is 9.05. The van der Waals surface area contributed by atoms with Crippen molar-refractivity contribution in [3.8, 4) is 28.4 Å². The Morgan fingerprint density at radius 3 is 2.00 bits per heavy atom. The third-order valence-electron chi connectivity index (χ3n) is 6.51. The number of fused-ring (bicyclic) bond motifs is 3. The number of carboxylic acids is 2. The zero-order valence-corrected chi connectivity index (χ0v) is 20.9. The average molecular weight is 560 g/mol. The number of aromatic hydroxyl groups is 3. The zero-order valence-electron chi connectivity index (χ0n) is 20.9. The number of rotatable bonds is 5. The highest BCUT2D eigenvalue weighted by atomic mass is 16.4. The van der Waals surface area contributed by atoms with Crippen LogP contribution in [0.15, 0.2) is 49.0 Å². The first-order chi connectivity index (χ1) is 19.2. The third-order valence-corrected chi connectivity index (χ3v) is 6.51. The second-order valence-corrected chi connectivity index (χ2v) is 9.04. The minimum absolute atomic E-state index is 0.306. The Kier molecular flexibility index (Phi) is 5.88. The highest BCUT2D eigenvalue weighted by Crippen LogP contribution is 2.39. The van der Waals surface area contributed by atoms with Gasteiger partial charge in [-0.1, -0.05) is 0 Å². The summed E-state index contributed by atoms with van der Waals surface area (Å²) in [6.45, 7) is 2.10. The number of phenolic OH excluding ortho intramolecular Hbond substituents is 2. The molecule has 0 aliphatic heterocycles. The molecule has 0 atom stereocenters. The van der Waals surface area contributed by atoms with Gasteiger partial charge in [0.05, 0.1) is 32.8 Å². The van der Waals surface area contributed by atoms with Crippen molar-refractivity contribution in [2.75, 3.05) is 0 Å². The number of benzene rings is 3. The van der Waals surface area contributed by atoms with Gasteiger partial charge in [-0.15, -0.1) is 0 Å². The molecule has 0 saturated heterocycles. The first-order valence-electron chi connectivity index (χ1n) is 11.5. The minimum atomic E-state index is -1.78. The lowest BCUT2D eigenvalue weighted by Gasteiger charge is -2.16. The predicted octanol–water partition coefficient (Wildman–Crippen LogP) is 3.64. The fraction of sp³-hybridized carbons (Fsp3) is 0.0714. The monoisotopic (exact) mass is 560 g/mol. The maximum Gasteiger partial charge on any atom is 0.340 e. The number of hydrogen-bond donors (Lipinski definition) is 5. The van der Waals surface area contributed by atoms with Gasteiger partial charge in [-0.05, 0) is 26.0 Å². The van der Waals surface area contributed by atoms with E-state index in [1.54, 1.807) is 0 Å². The lowest BCUT2D eigenvalue weighted by atomic mass is 9.88. The number of carboxylic acid groups (broad SMARTS) is 2. The summed E-state index contributed by atoms with van der Waals surface area (Å²) in [7, 11) is 0. The van der Waals surface area contributed by atoms with Crippen LogP contribution in [-0.4, -0.2) is 49.0 Å². The Labute approximate surface area is 225 Å². The number of carbonyl (C=O) groups excluding carboxylic acids is 2. The lowest BCUT2D eigenvalue weighted by molar-refractivity contribution is 0.0685. The molecule has 0 bridgehead atoms. The third kappa shape index (κ3) is 3.86. The first kappa shape index (κ1) is 26.6. The summed E-state index contributed by atoms with van der Waals surface area (Å²) in [6, 6.07) is 3.55. The molecule has 13 nitrogen and oxygen atoms in total. The molecule has 3 aromatic carbocycles. The molecule has 13 heteroatoms. The van der Waals surface area contributed by atoms with Crippen molar-refractivity contribution in [1.82, 2.24) is 0 Å². The molecule has 0 radical (unpaired) electrons. The van der Waals surface area contributed by atoms with Gasteiger partial charge in [0, 0.05) is 23.3 Å². The van der Waals surface area contributed by atoms with Crippen molar-refractivity contribution >= 4 is 56.4 Å². The van der Waals surface area contributed by atoms with Crippen LogP contribution in [0.3, 0.4) is 0 Å². The van der Waals surface area contributed by atoms with Crippen LogP contribution < -0.4 is 10.9 Å². The van der Waals surface area contributed by atoms with E-state index in [1.165, 1.54) is 0 Å². The Morgan fingerprint density at radius 1 is 0.732 bits per heavy atom. The molecule has 206 valence electrons. The highest BCUT2D eigenvalue weighted by molar-refractivity contribution is 6.18. The summed E-state index contributed by atoms with van der Waals surface area (Å²) >= 11 is 0. The molecule has 41 heavy (non-hydrogen) atoms. The molecule has 0 spiro atoms. The number of hydrogen-bond acceptors (Lipinski definition) is 11. The van der Waals surface area contributed by atoms with Crippen LogP contribution >= 0.6 is 0 Å². The van der Waals surface area contributed by atoms with Gasteiger partial charge in [0.1, 0.15) is 34.3 Å². The van der Waals surface area contributed by atoms with Gasteiger partial charge < -0.3 is 34.4 Å².